The lowest BCUT2D eigenvalue weighted by molar-refractivity contribution is -0.138. The zero-order valence-electron chi connectivity index (χ0n) is 8.50. The van der Waals surface area contributed by atoms with Crippen molar-refractivity contribution in [3.63, 3.8) is 0 Å². The van der Waals surface area contributed by atoms with E-state index in [2.05, 4.69) is 0 Å². The Morgan fingerprint density at radius 2 is 2.06 bits per heavy atom. The maximum Gasteiger partial charge on any atom is 0.419 e. The summed E-state index contributed by atoms with van der Waals surface area (Å²) in [6.07, 6.45) is -2.87. The van der Waals surface area contributed by atoms with E-state index in [4.69, 9.17) is 16.3 Å². The van der Waals surface area contributed by atoms with Crippen molar-refractivity contribution in [1.29, 1.82) is 0 Å². The second kappa shape index (κ2) is 5.72. The molecule has 0 N–H and O–H groups in total. The fourth-order valence-corrected chi connectivity index (χ4v) is 1.22. The van der Waals surface area contributed by atoms with E-state index in [0.29, 0.717) is 6.29 Å². The summed E-state index contributed by atoms with van der Waals surface area (Å²) in [5.41, 5.74) is 0.107. The lowest BCUT2D eigenvalue weighted by Gasteiger charge is -2.13. The van der Waals surface area contributed by atoms with Gasteiger partial charge in [0.1, 0.15) is 18.6 Å². The Kier molecular flexibility index (Phi) is 4.57. The number of hydrogen-bond acceptors (Lipinski definition) is 2. The van der Waals surface area contributed by atoms with Crippen LogP contribution in [0.5, 0.6) is 5.75 Å². The minimum atomic E-state index is -4.57. The highest BCUT2D eigenvalue weighted by Gasteiger charge is 2.34. The van der Waals surface area contributed by atoms with Gasteiger partial charge in [-0.1, -0.05) is 11.6 Å². The van der Waals surface area contributed by atoms with Crippen molar-refractivity contribution in [1.82, 2.24) is 0 Å². The number of ether oxygens (including phenoxy) is 1. The number of halogens is 4. The highest BCUT2D eigenvalue weighted by molar-refractivity contribution is 6.25. The Labute approximate surface area is 101 Å². The van der Waals surface area contributed by atoms with E-state index in [-0.39, 0.29) is 17.9 Å². The topological polar surface area (TPSA) is 26.3 Å². The molecule has 0 fully saturated rings. The Morgan fingerprint density at radius 1 is 1.35 bits per heavy atom. The molecule has 0 spiro atoms. The van der Waals surface area contributed by atoms with Crippen LogP contribution in [0.3, 0.4) is 0 Å². The summed E-state index contributed by atoms with van der Waals surface area (Å²) in [7, 11) is 0. The average molecular weight is 265 g/mol. The summed E-state index contributed by atoms with van der Waals surface area (Å²) in [4.78, 5) is 10.4. The van der Waals surface area contributed by atoms with Crippen LogP contribution in [-0.4, -0.2) is 12.9 Å². The predicted molar refractivity (Wildman–Crippen MR) is 57.3 cm³/mol. The van der Waals surface area contributed by atoms with Gasteiger partial charge in [-0.2, -0.15) is 13.2 Å². The summed E-state index contributed by atoms with van der Waals surface area (Å²) >= 11 is 5.22. The van der Waals surface area contributed by atoms with Crippen LogP contribution in [0.4, 0.5) is 13.2 Å². The Balaban J connectivity index is 3.06. The van der Waals surface area contributed by atoms with Crippen molar-refractivity contribution in [3.05, 3.63) is 40.9 Å². The van der Waals surface area contributed by atoms with Gasteiger partial charge in [-0.15, -0.1) is 0 Å². The molecular weight excluding hydrogens is 257 g/mol. The summed E-state index contributed by atoms with van der Waals surface area (Å²) < 4.78 is 42.8. The molecule has 0 aliphatic carbocycles. The number of alkyl halides is 3. The first-order valence-electron chi connectivity index (χ1n) is 4.53. The van der Waals surface area contributed by atoms with E-state index >= 15 is 0 Å². The maximum absolute atomic E-state index is 12.6. The van der Waals surface area contributed by atoms with Gasteiger partial charge in [0.25, 0.3) is 0 Å². The second-order valence-corrected chi connectivity index (χ2v) is 3.30. The summed E-state index contributed by atoms with van der Waals surface area (Å²) in [5.74, 6) is -0.335. The minimum Gasteiger partial charge on any atom is -0.489 e. The average Bonchev–Trinajstić information content (AvgIpc) is 2.28. The molecule has 0 amide bonds. The van der Waals surface area contributed by atoms with Gasteiger partial charge < -0.3 is 4.74 Å². The largest absolute Gasteiger partial charge is 0.489 e. The molecule has 17 heavy (non-hydrogen) atoms. The molecule has 0 atom stereocenters. The molecule has 0 radical (unpaired) electrons. The van der Waals surface area contributed by atoms with Gasteiger partial charge in [0.2, 0.25) is 0 Å². The number of benzene rings is 1. The molecule has 2 nitrogen and oxygen atoms in total. The highest BCUT2D eigenvalue weighted by atomic mass is 35.5. The third kappa shape index (κ3) is 3.78. The van der Waals surface area contributed by atoms with Gasteiger partial charge in [-0.05, 0) is 24.3 Å². The summed E-state index contributed by atoms with van der Waals surface area (Å²) in [6.45, 7) is -0.0764. The number of aldehydes is 1. The van der Waals surface area contributed by atoms with Crippen LogP contribution in [0.1, 0.15) is 15.9 Å². The predicted octanol–water partition coefficient (Wildman–Crippen LogP) is 3.65. The molecule has 1 aromatic rings. The molecule has 6 heteroatoms. The van der Waals surface area contributed by atoms with Gasteiger partial charge in [-0.3, -0.25) is 4.79 Å². The number of carbonyl (C=O) groups excluding carboxylic acids is 1. The van der Waals surface area contributed by atoms with Crippen LogP contribution in [0.25, 0.3) is 0 Å². The molecule has 0 aliphatic heterocycles. The lowest BCUT2D eigenvalue weighted by atomic mass is 10.1. The van der Waals surface area contributed by atoms with E-state index in [0.717, 1.165) is 17.7 Å². The van der Waals surface area contributed by atoms with E-state index in [1.54, 1.807) is 0 Å². The lowest BCUT2D eigenvalue weighted by Crippen LogP contribution is -2.09. The molecular formula is C11H8ClF3O2. The molecule has 0 saturated heterocycles. The van der Waals surface area contributed by atoms with Crippen LogP contribution in [0.15, 0.2) is 29.8 Å². The van der Waals surface area contributed by atoms with Crippen molar-refractivity contribution in [2.75, 3.05) is 6.61 Å². The Hall–Kier alpha value is -1.49. The fraction of sp³-hybridized carbons (Fsp3) is 0.182. The minimum absolute atomic E-state index is 0.0578. The van der Waals surface area contributed by atoms with Gasteiger partial charge in [-0.25, -0.2) is 0 Å². The van der Waals surface area contributed by atoms with Crippen molar-refractivity contribution in [2.24, 2.45) is 0 Å². The zero-order chi connectivity index (χ0) is 12.9. The van der Waals surface area contributed by atoms with E-state index in [1.807, 2.05) is 0 Å². The SMILES string of the molecule is O=Cc1ccc(OC/C=C/Cl)c(C(F)(F)F)c1. The molecule has 1 aromatic carbocycles. The van der Waals surface area contributed by atoms with Crippen molar-refractivity contribution in [2.45, 2.75) is 6.18 Å². The van der Waals surface area contributed by atoms with Crippen molar-refractivity contribution >= 4 is 17.9 Å². The molecule has 92 valence electrons. The quantitative estimate of drug-likeness (QED) is 0.776. The number of hydrogen-bond donors (Lipinski definition) is 0. The zero-order valence-corrected chi connectivity index (χ0v) is 9.26. The molecule has 0 heterocycles. The molecule has 0 aromatic heterocycles. The van der Waals surface area contributed by atoms with Gasteiger partial charge in [0.15, 0.2) is 0 Å². The highest BCUT2D eigenvalue weighted by Crippen LogP contribution is 2.36. The molecule has 1 rings (SSSR count). The Morgan fingerprint density at radius 3 is 2.59 bits per heavy atom. The molecule has 0 bridgehead atoms. The normalized spacial score (nSPS) is 11.8. The van der Waals surface area contributed by atoms with Gasteiger partial charge >= 0.3 is 6.18 Å². The standard InChI is InChI=1S/C11H8ClF3O2/c12-4-1-5-17-10-3-2-8(7-16)6-9(10)11(13,14)15/h1-4,6-7H,5H2/b4-1+. The van der Waals surface area contributed by atoms with E-state index < -0.39 is 11.7 Å². The fourth-order valence-electron chi connectivity index (χ4n) is 1.14. The van der Waals surface area contributed by atoms with Gasteiger partial charge in [0.05, 0.1) is 5.56 Å². The van der Waals surface area contributed by atoms with Crippen LogP contribution in [0, 0.1) is 0 Å². The Bertz CT molecular complexity index is 427. The van der Waals surface area contributed by atoms with E-state index in [9.17, 15) is 18.0 Å². The smallest absolute Gasteiger partial charge is 0.419 e. The first-order chi connectivity index (χ1) is 7.99. The molecule has 0 aliphatic rings. The maximum atomic E-state index is 12.6. The van der Waals surface area contributed by atoms with Crippen LogP contribution in [0.2, 0.25) is 0 Å². The summed E-state index contributed by atoms with van der Waals surface area (Å²) in [6, 6.07) is 3.10. The molecule has 0 unspecified atom stereocenters. The third-order valence-electron chi connectivity index (χ3n) is 1.87. The second-order valence-electron chi connectivity index (χ2n) is 3.04. The number of carbonyl (C=O) groups is 1. The first kappa shape index (κ1) is 13.6. The van der Waals surface area contributed by atoms with Crippen LogP contribution >= 0.6 is 11.6 Å². The van der Waals surface area contributed by atoms with Crippen molar-refractivity contribution < 1.29 is 22.7 Å². The summed E-state index contributed by atoms with van der Waals surface area (Å²) in [5, 5.41) is 0. The van der Waals surface area contributed by atoms with Crippen LogP contribution in [-0.2, 0) is 6.18 Å². The third-order valence-corrected chi connectivity index (χ3v) is 2.05. The van der Waals surface area contributed by atoms with Gasteiger partial charge in [0, 0.05) is 11.1 Å². The first-order valence-corrected chi connectivity index (χ1v) is 4.97. The monoisotopic (exact) mass is 264 g/mol. The number of rotatable bonds is 4. The van der Waals surface area contributed by atoms with Crippen molar-refractivity contribution in [3.8, 4) is 5.75 Å². The molecule has 0 saturated carbocycles. The van der Waals surface area contributed by atoms with Crippen LogP contribution < -0.4 is 4.74 Å². The van der Waals surface area contributed by atoms with E-state index in [1.165, 1.54) is 12.1 Å².